The Hall–Kier alpha value is -1.10. The summed E-state index contributed by atoms with van der Waals surface area (Å²) in [6.45, 7) is 0.370. The van der Waals surface area contributed by atoms with Crippen LogP contribution in [0.5, 0.6) is 0 Å². The zero-order valence-corrected chi connectivity index (χ0v) is 10.8. The average Bonchev–Trinajstić information content (AvgIpc) is 2.86. The highest BCUT2D eigenvalue weighted by Crippen LogP contribution is 2.34. The Morgan fingerprint density at radius 1 is 1.29 bits per heavy atom. The highest BCUT2D eigenvalue weighted by molar-refractivity contribution is 9.10. The molecule has 90 valence electrons. The van der Waals surface area contributed by atoms with Gasteiger partial charge < -0.3 is 15.3 Å². The Morgan fingerprint density at radius 3 is 2.65 bits per heavy atom. The molecule has 3 nitrogen and oxygen atoms in total. The van der Waals surface area contributed by atoms with Crippen LogP contribution in [-0.4, -0.2) is 11.7 Å². The Morgan fingerprint density at radius 2 is 2.06 bits per heavy atom. The molecule has 0 aliphatic carbocycles. The summed E-state index contributed by atoms with van der Waals surface area (Å²) in [5, 5.41) is 10.3. The third-order valence-electron chi connectivity index (χ3n) is 2.82. The summed E-state index contributed by atoms with van der Waals surface area (Å²) in [7, 11) is 0. The Labute approximate surface area is 108 Å². The van der Waals surface area contributed by atoms with Crippen LogP contribution in [0.2, 0.25) is 0 Å². The van der Waals surface area contributed by atoms with Gasteiger partial charge in [0.05, 0.1) is 18.6 Å². The summed E-state index contributed by atoms with van der Waals surface area (Å²) in [4.78, 5) is 0. The predicted molar refractivity (Wildman–Crippen MR) is 69.6 cm³/mol. The first-order chi connectivity index (χ1) is 8.24. The maximum absolute atomic E-state index is 10.3. The van der Waals surface area contributed by atoms with Gasteiger partial charge in [-0.3, -0.25) is 0 Å². The van der Waals surface area contributed by atoms with E-state index in [1.807, 2.05) is 24.3 Å². The largest absolute Gasteiger partial charge is 0.472 e. The Kier molecular flexibility index (Phi) is 3.99. The van der Waals surface area contributed by atoms with Gasteiger partial charge in [0.15, 0.2) is 0 Å². The van der Waals surface area contributed by atoms with E-state index in [0.717, 1.165) is 15.6 Å². The Balaban J connectivity index is 2.31. The van der Waals surface area contributed by atoms with E-state index in [1.165, 1.54) is 0 Å². The number of halogens is 1. The predicted octanol–water partition coefficient (Wildman–Crippen LogP) is 2.82. The van der Waals surface area contributed by atoms with Crippen LogP contribution in [0.25, 0.3) is 0 Å². The number of aliphatic hydroxyl groups excluding tert-OH is 1. The summed E-state index contributed by atoms with van der Waals surface area (Å²) in [5.41, 5.74) is 7.52. The van der Waals surface area contributed by atoms with Crippen LogP contribution in [0.1, 0.15) is 23.1 Å². The lowest BCUT2D eigenvalue weighted by molar-refractivity contribution is 0.146. The van der Waals surface area contributed by atoms with Crippen molar-refractivity contribution in [2.24, 2.45) is 5.73 Å². The molecule has 0 bridgehead atoms. The molecule has 0 saturated heterocycles. The monoisotopic (exact) mass is 295 g/mol. The number of aliphatic hydroxyl groups is 1. The first-order valence-electron chi connectivity index (χ1n) is 5.38. The lowest BCUT2D eigenvalue weighted by Gasteiger charge is -2.22. The molecular weight excluding hydrogens is 282 g/mol. The summed E-state index contributed by atoms with van der Waals surface area (Å²) in [6, 6.07) is 9.53. The normalized spacial score (nSPS) is 14.5. The van der Waals surface area contributed by atoms with Gasteiger partial charge >= 0.3 is 0 Å². The van der Waals surface area contributed by atoms with Gasteiger partial charge in [-0.1, -0.05) is 34.1 Å². The van der Waals surface area contributed by atoms with Gasteiger partial charge in [-0.15, -0.1) is 0 Å². The van der Waals surface area contributed by atoms with E-state index in [4.69, 9.17) is 10.2 Å². The van der Waals surface area contributed by atoms with Gasteiger partial charge in [0.1, 0.15) is 0 Å². The molecule has 0 aliphatic heterocycles. The first kappa shape index (κ1) is 12.4. The third kappa shape index (κ3) is 2.60. The van der Waals surface area contributed by atoms with Gasteiger partial charge in [-0.25, -0.2) is 0 Å². The van der Waals surface area contributed by atoms with Crippen molar-refractivity contribution in [3.05, 3.63) is 58.5 Å². The van der Waals surface area contributed by atoms with E-state index in [1.54, 1.807) is 18.6 Å². The Bertz CT molecular complexity index is 470. The van der Waals surface area contributed by atoms with Crippen LogP contribution in [0, 0.1) is 0 Å². The number of hydrogen-bond acceptors (Lipinski definition) is 3. The standard InChI is InChI=1S/C13H14BrNO2/c14-12-4-2-1-3-10(12)11(7-15)13(16)9-5-6-17-8-9/h1-6,8,11,13,16H,7,15H2. The van der Waals surface area contributed by atoms with Crippen molar-refractivity contribution < 1.29 is 9.52 Å². The second-order valence-electron chi connectivity index (χ2n) is 3.87. The number of furan rings is 1. The van der Waals surface area contributed by atoms with Gasteiger partial charge in [0.25, 0.3) is 0 Å². The van der Waals surface area contributed by atoms with Crippen molar-refractivity contribution in [1.29, 1.82) is 0 Å². The minimum absolute atomic E-state index is 0.150. The number of nitrogens with two attached hydrogens (primary N) is 1. The molecule has 0 fully saturated rings. The molecule has 0 aliphatic rings. The molecule has 4 heteroatoms. The molecule has 17 heavy (non-hydrogen) atoms. The maximum Gasteiger partial charge on any atom is 0.0960 e. The lowest BCUT2D eigenvalue weighted by Crippen LogP contribution is -2.20. The highest BCUT2D eigenvalue weighted by atomic mass is 79.9. The van der Waals surface area contributed by atoms with E-state index in [-0.39, 0.29) is 5.92 Å². The summed E-state index contributed by atoms with van der Waals surface area (Å²) in [6.07, 6.45) is 2.44. The molecular formula is C13H14BrNO2. The van der Waals surface area contributed by atoms with E-state index in [0.29, 0.717) is 6.54 Å². The fourth-order valence-electron chi connectivity index (χ4n) is 1.88. The number of benzene rings is 1. The molecule has 1 aromatic heterocycles. The van der Waals surface area contributed by atoms with Crippen LogP contribution in [-0.2, 0) is 0 Å². The second kappa shape index (κ2) is 5.49. The lowest BCUT2D eigenvalue weighted by atomic mass is 9.90. The SMILES string of the molecule is NCC(c1ccccc1Br)C(O)c1ccoc1. The van der Waals surface area contributed by atoms with E-state index in [2.05, 4.69) is 15.9 Å². The zero-order valence-electron chi connectivity index (χ0n) is 9.21. The molecule has 2 unspecified atom stereocenters. The fourth-order valence-corrected chi connectivity index (χ4v) is 2.46. The molecule has 0 amide bonds. The van der Waals surface area contributed by atoms with Gasteiger partial charge in [0, 0.05) is 22.5 Å². The minimum Gasteiger partial charge on any atom is -0.472 e. The van der Waals surface area contributed by atoms with Gasteiger partial charge in [-0.2, -0.15) is 0 Å². The number of rotatable bonds is 4. The molecule has 3 N–H and O–H groups in total. The molecule has 1 heterocycles. The smallest absolute Gasteiger partial charge is 0.0960 e. The molecule has 2 rings (SSSR count). The summed E-state index contributed by atoms with van der Waals surface area (Å²) >= 11 is 3.48. The minimum atomic E-state index is -0.655. The highest BCUT2D eigenvalue weighted by Gasteiger charge is 2.23. The third-order valence-corrected chi connectivity index (χ3v) is 3.55. The summed E-state index contributed by atoms with van der Waals surface area (Å²) in [5.74, 6) is -0.150. The molecule has 1 aromatic carbocycles. The average molecular weight is 296 g/mol. The van der Waals surface area contributed by atoms with E-state index >= 15 is 0 Å². The second-order valence-corrected chi connectivity index (χ2v) is 4.72. The molecule has 0 spiro atoms. The van der Waals surface area contributed by atoms with Crippen molar-refractivity contribution in [3.63, 3.8) is 0 Å². The van der Waals surface area contributed by atoms with Crippen molar-refractivity contribution in [3.8, 4) is 0 Å². The van der Waals surface area contributed by atoms with Crippen molar-refractivity contribution in [2.75, 3.05) is 6.54 Å². The molecule has 0 radical (unpaired) electrons. The van der Waals surface area contributed by atoms with Crippen LogP contribution < -0.4 is 5.73 Å². The van der Waals surface area contributed by atoms with Gasteiger partial charge in [-0.05, 0) is 17.7 Å². The van der Waals surface area contributed by atoms with Crippen LogP contribution in [0.15, 0.2) is 51.7 Å². The van der Waals surface area contributed by atoms with Crippen LogP contribution >= 0.6 is 15.9 Å². The van der Waals surface area contributed by atoms with Crippen LogP contribution in [0.4, 0.5) is 0 Å². The van der Waals surface area contributed by atoms with Crippen molar-refractivity contribution >= 4 is 15.9 Å². The van der Waals surface area contributed by atoms with Crippen LogP contribution in [0.3, 0.4) is 0 Å². The van der Waals surface area contributed by atoms with E-state index < -0.39 is 6.10 Å². The van der Waals surface area contributed by atoms with Crippen molar-refractivity contribution in [1.82, 2.24) is 0 Å². The quantitative estimate of drug-likeness (QED) is 0.912. The first-order valence-corrected chi connectivity index (χ1v) is 6.18. The maximum atomic E-state index is 10.3. The fraction of sp³-hybridized carbons (Fsp3) is 0.231. The number of hydrogen-bond donors (Lipinski definition) is 2. The van der Waals surface area contributed by atoms with E-state index in [9.17, 15) is 5.11 Å². The zero-order chi connectivity index (χ0) is 12.3. The molecule has 0 saturated carbocycles. The topological polar surface area (TPSA) is 59.4 Å². The van der Waals surface area contributed by atoms with Crippen molar-refractivity contribution in [2.45, 2.75) is 12.0 Å². The summed E-state index contributed by atoms with van der Waals surface area (Å²) < 4.78 is 5.94. The molecule has 2 atom stereocenters. The molecule has 2 aromatic rings. The van der Waals surface area contributed by atoms with Gasteiger partial charge in [0.2, 0.25) is 0 Å².